The quantitative estimate of drug-likeness (QED) is 0.685. The van der Waals surface area contributed by atoms with Gasteiger partial charge in [-0.05, 0) is 23.8 Å². The lowest BCUT2D eigenvalue weighted by Gasteiger charge is -2.09. The molecule has 0 unspecified atom stereocenters. The first kappa shape index (κ1) is 10.3. The molecule has 0 saturated heterocycles. The molecule has 0 aliphatic carbocycles. The highest BCUT2D eigenvalue weighted by molar-refractivity contribution is 6.30. The Labute approximate surface area is 82.5 Å². The first-order chi connectivity index (χ1) is 6.27. The SMILES string of the molecule is NCc1cc(Cl)ccc1NCCO. The molecule has 1 aromatic rings. The molecule has 0 atom stereocenters. The summed E-state index contributed by atoms with van der Waals surface area (Å²) in [7, 11) is 0. The van der Waals surface area contributed by atoms with Gasteiger partial charge in [-0.3, -0.25) is 0 Å². The van der Waals surface area contributed by atoms with E-state index in [1.165, 1.54) is 0 Å². The van der Waals surface area contributed by atoms with Crippen LogP contribution in [0.1, 0.15) is 5.56 Å². The Morgan fingerprint density at radius 3 is 2.85 bits per heavy atom. The predicted octanol–water partition coefficient (Wildman–Crippen LogP) is 1.20. The van der Waals surface area contributed by atoms with E-state index in [2.05, 4.69) is 5.32 Å². The van der Waals surface area contributed by atoms with E-state index in [0.29, 0.717) is 18.1 Å². The molecule has 0 radical (unpaired) electrons. The zero-order valence-corrected chi connectivity index (χ0v) is 8.01. The molecular weight excluding hydrogens is 188 g/mol. The Kier molecular flexibility index (Phi) is 4.02. The minimum Gasteiger partial charge on any atom is -0.395 e. The lowest BCUT2D eigenvalue weighted by atomic mass is 10.2. The van der Waals surface area contributed by atoms with Gasteiger partial charge < -0.3 is 16.2 Å². The van der Waals surface area contributed by atoms with Crippen molar-refractivity contribution in [2.75, 3.05) is 18.5 Å². The third kappa shape index (κ3) is 2.88. The number of hydrogen-bond donors (Lipinski definition) is 3. The van der Waals surface area contributed by atoms with Crippen molar-refractivity contribution in [2.24, 2.45) is 5.73 Å². The number of rotatable bonds is 4. The maximum atomic E-state index is 8.63. The van der Waals surface area contributed by atoms with Gasteiger partial charge in [-0.2, -0.15) is 0 Å². The molecule has 4 heteroatoms. The van der Waals surface area contributed by atoms with E-state index in [0.717, 1.165) is 11.3 Å². The van der Waals surface area contributed by atoms with Crippen LogP contribution in [0.2, 0.25) is 5.02 Å². The highest BCUT2D eigenvalue weighted by Gasteiger charge is 2.00. The van der Waals surface area contributed by atoms with Gasteiger partial charge in [0.15, 0.2) is 0 Å². The van der Waals surface area contributed by atoms with Gasteiger partial charge in [0.2, 0.25) is 0 Å². The molecule has 1 rings (SSSR count). The summed E-state index contributed by atoms with van der Waals surface area (Å²) >= 11 is 5.80. The van der Waals surface area contributed by atoms with E-state index < -0.39 is 0 Å². The van der Waals surface area contributed by atoms with E-state index in [4.69, 9.17) is 22.4 Å². The molecule has 0 amide bonds. The zero-order valence-electron chi connectivity index (χ0n) is 7.26. The standard InChI is InChI=1S/C9H13ClN2O/c10-8-1-2-9(12-3-4-13)7(5-8)6-11/h1-2,5,12-13H,3-4,6,11H2. The molecule has 0 aromatic heterocycles. The van der Waals surface area contributed by atoms with Crippen molar-refractivity contribution in [3.63, 3.8) is 0 Å². The molecule has 4 N–H and O–H groups in total. The molecule has 0 heterocycles. The Hall–Kier alpha value is -0.770. The molecule has 1 aromatic carbocycles. The summed E-state index contributed by atoms with van der Waals surface area (Å²) in [4.78, 5) is 0. The first-order valence-electron chi connectivity index (χ1n) is 4.11. The number of nitrogens with two attached hydrogens (primary N) is 1. The number of aliphatic hydroxyl groups is 1. The van der Waals surface area contributed by atoms with Crippen LogP contribution in [0.3, 0.4) is 0 Å². The van der Waals surface area contributed by atoms with Gasteiger partial charge in [-0.15, -0.1) is 0 Å². The van der Waals surface area contributed by atoms with Crippen LogP contribution >= 0.6 is 11.6 Å². The molecule has 0 aliphatic rings. The van der Waals surface area contributed by atoms with Gasteiger partial charge in [0.25, 0.3) is 0 Å². The van der Waals surface area contributed by atoms with Crippen LogP contribution in [-0.4, -0.2) is 18.3 Å². The summed E-state index contributed by atoms with van der Waals surface area (Å²) in [5.74, 6) is 0. The van der Waals surface area contributed by atoms with Crippen molar-refractivity contribution in [2.45, 2.75) is 6.54 Å². The van der Waals surface area contributed by atoms with E-state index in [-0.39, 0.29) is 6.61 Å². The van der Waals surface area contributed by atoms with Crippen LogP contribution in [0.25, 0.3) is 0 Å². The third-order valence-electron chi connectivity index (χ3n) is 1.71. The molecule has 0 saturated carbocycles. The normalized spacial score (nSPS) is 10.1. The fourth-order valence-corrected chi connectivity index (χ4v) is 1.29. The van der Waals surface area contributed by atoms with Crippen LogP contribution in [0.5, 0.6) is 0 Å². The summed E-state index contributed by atoms with van der Waals surface area (Å²) in [5.41, 5.74) is 7.42. The zero-order chi connectivity index (χ0) is 9.68. The topological polar surface area (TPSA) is 58.3 Å². The minimum absolute atomic E-state index is 0.104. The van der Waals surface area contributed by atoms with Crippen molar-refractivity contribution in [1.82, 2.24) is 0 Å². The Morgan fingerprint density at radius 1 is 1.46 bits per heavy atom. The number of hydrogen-bond acceptors (Lipinski definition) is 3. The monoisotopic (exact) mass is 200 g/mol. The van der Waals surface area contributed by atoms with Crippen LogP contribution in [-0.2, 0) is 6.54 Å². The second kappa shape index (κ2) is 5.07. The predicted molar refractivity (Wildman–Crippen MR) is 54.9 cm³/mol. The van der Waals surface area contributed by atoms with Gasteiger partial charge in [0.1, 0.15) is 0 Å². The van der Waals surface area contributed by atoms with Gasteiger partial charge >= 0.3 is 0 Å². The van der Waals surface area contributed by atoms with E-state index >= 15 is 0 Å². The molecule has 0 bridgehead atoms. The molecular formula is C9H13ClN2O. The van der Waals surface area contributed by atoms with Crippen molar-refractivity contribution < 1.29 is 5.11 Å². The summed E-state index contributed by atoms with van der Waals surface area (Å²) in [6.45, 7) is 1.07. The molecule has 72 valence electrons. The van der Waals surface area contributed by atoms with E-state index in [1.807, 2.05) is 12.1 Å². The maximum absolute atomic E-state index is 8.63. The van der Waals surface area contributed by atoms with Gasteiger partial charge in [-0.1, -0.05) is 11.6 Å². The molecule has 3 nitrogen and oxygen atoms in total. The van der Waals surface area contributed by atoms with Crippen molar-refractivity contribution in [3.8, 4) is 0 Å². The number of anilines is 1. The molecule has 13 heavy (non-hydrogen) atoms. The van der Waals surface area contributed by atoms with Crippen LogP contribution < -0.4 is 11.1 Å². The number of aliphatic hydroxyl groups excluding tert-OH is 1. The number of halogens is 1. The largest absolute Gasteiger partial charge is 0.395 e. The van der Waals surface area contributed by atoms with Crippen LogP contribution in [0.4, 0.5) is 5.69 Å². The van der Waals surface area contributed by atoms with Gasteiger partial charge in [0, 0.05) is 23.8 Å². The van der Waals surface area contributed by atoms with Gasteiger partial charge in [0.05, 0.1) is 6.61 Å². The summed E-state index contributed by atoms with van der Waals surface area (Å²) < 4.78 is 0. The van der Waals surface area contributed by atoms with Crippen LogP contribution in [0, 0.1) is 0 Å². The van der Waals surface area contributed by atoms with Crippen molar-refractivity contribution in [3.05, 3.63) is 28.8 Å². The Morgan fingerprint density at radius 2 is 2.23 bits per heavy atom. The fraction of sp³-hybridized carbons (Fsp3) is 0.333. The lowest BCUT2D eigenvalue weighted by molar-refractivity contribution is 0.311. The second-order valence-electron chi connectivity index (χ2n) is 2.66. The van der Waals surface area contributed by atoms with Crippen molar-refractivity contribution in [1.29, 1.82) is 0 Å². The van der Waals surface area contributed by atoms with E-state index in [1.54, 1.807) is 6.07 Å². The molecule has 0 fully saturated rings. The molecule has 0 aliphatic heterocycles. The van der Waals surface area contributed by atoms with E-state index in [9.17, 15) is 0 Å². The fourth-order valence-electron chi connectivity index (χ4n) is 1.09. The lowest BCUT2D eigenvalue weighted by Crippen LogP contribution is -2.09. The first-order valence-corrected chi connectivity index (χ1v) is 4.49. The summed E-state index contributed by atoms with van der Waals surface area (Å²) in [6, 6.07) is 5.47. The van der Waals surface area contributed by atoms with Crippen LogP contribution in [0.15, 0.2) is 18.2 Å². The number of nitrogens with one attached hydrogen (secondary N) is 1. The second-order valence-corrected chi connectivity index (χ2v) is 3.09. The highest BCUT2D eigenvalue weighted by Crippen LogP contribution is 2.19. The highest BCUT2D eigenvalue weighted by atomic mass is 35.5. The number of benzene rings is 1. The average Bonchev–Trinajstić information content (AvgIpc) is 2.16. The van der Waals surface area contributed by atoms with Crippen molar-refractivity contribution >= 4 is 17.3 Å². The van der Waals surface area contributed by atoms with Gasteiger partial charge in [-0.25, -0.2) is 0 Å². The average molecular weight is 201 g/mol. The summed E-state index contributed by atoms with van der Waals surface area (Å²) in [6.07, 6.45) is 0. The Bertz CT molecular complexity index is 278. The summed E-state index contributed by atoms with van der Waals surface area (Å²) in [5, 5.41) is 12.4. The third-order valence-corrected chi connectivity index (χ3v) is 1.95. The minimum atomic E-state index is 0.104. The smallest absolute Gasteiger partial charge is 0.0604 e. The molecule has 0 spiro atoms. The maximum Gasteiger partial charge on any atom is 0.0604 e. The Balaban J connectivity index is 2.79.